The van der Waals surface area contributed by atoms with Crippen LogP contribution >= 0.6 is 31.9 Å². The Morgan fingerprint density at radius 3 is 2.43 bits per heavy atom. The van der Waals surface area contributed by atoms with E-state index in [4.69, 9.17) is 0 Å². The summed E-state index contributed by atoms with van der Waals surface area (Å²) in [5, 5.41) is 3.56. The molecule has 1 heterocycles. The Labute approximate surface area is 102 Å². The molecule has 1 unspecified atom stereocenters. The maximum Gasteiger partial charge on any atom is 0.0342 e. The molecule has 0 aromatic heterocycles. The monoisotopic (exact) mass is 317 g/mol. The number of nitrogens with one attached hydrogen (secondary N) is 1. The average molecular weight is 319 g/mol. The number of hydrogen-bond acceptors (Lipinski definition) is 1. The largest absolute Gasteiger partial charge is 0.310 e. The van der Waals surface area contributed by atoms with Crippen molar-refractivity contribution in [3.63, 3.8) is 0 Å². The van der Waals surface area contributed by atoms with Crippen molar-refractivity contribution in [2.45, 2.75) is 25.3 Å². The zero-order valence-electron chi connectivity index (χ0n) is 7.89. The van der Waals surface area contributed by atoms with Crippen molar-refractivity contribution in [2.75, 3.05) is 6.54 Å². The first-order chi connectivity index (χ1) is 6.79. The Hall–Kier alpha value is 0.140. The van der Waals surface area contributed by atoms with Crippen LogP contribution in [0.1, 0.15) is 30.9 Å². The molecule has 1 N–H and O–H groups in total. The predicted octanol–water partition coefficient (Wildman–Crippen LogP) is 4.03. The molecule has 76 valence electrons. The van der Waals surface area contributed by atoms with Gasteiger partial charge in [0, 0.05) is 15.0 Å². The van der Waals surface area contributed by atoms with Crippen molar-refractivity contribution in [3.8, 4) is 0 Å². The van der Waals surface area contributed by atoms with Crippen LogP contribution in [0.4, 0.5) is 0 Å². The van der Waals surface area contributed by atoms with E-state index >= 15 is 0 Å². The van der Waals surface area contributed by atoms with Crippen LogP contribution in [0, 0.1) is 0 Å². The molecule has 2 rings (SSSR count). The lowest BCUT2D eigenvalue weighted by molar-refractivity contribution is 0.410. The lowest BCUT2D eigenvalue weighted by Crippen LogP contribution is -2.27. The van der Waals surface area contributed by atoms with Crippen molar-refractivity contribution >= 4 is 31.9 Å². The Balaban J connectivity index is 2.29. The number of benzene rings is 1. The second-order valence-electron chi connectivity index (χ2n) is 3.64. The summed E-state index contributed by atoms with van der Waals surface area (Å²) < 4.78 is 2.40. The van der Waals surface area contributed by atoms with Crippen LogP contribution in [0.3, 0.4) is 0 Å². The molecule has 0 bridgehead atoms. The standard InChI is InChI=1S/C11H13Br2N/c12-8-4-3-5-9(13)11(8)10-6-1-2-7-14-10/h3-5,10,14H,1-2,6-7H2. The maximum atomic E-state index is 3.61. The molecule has 1 aromatic rings. The van der Waals surface area contributed by atoms with Gasteiger partial charge in [-0.3, -0.25) is 0 Å². The van der Waals surface area contributed by atoms with Gasteiger partial charge in [0.05, 0.1) is 0 Å². The first-order valence-electron chi connectivity index (χ1n) is 4.96. The molecule has 1 saturated heterocycles. The number of halogens is 2. The molecule has 1 fully saturated rings. The van der Waals surface area contributed by atoms with E-state index < -0.39 is 0 Å². The van der Waals surface area contributed by atoms with Crippen LogP contribution in [-0.2, 0) is 0 Å². The molecule has 1 atom stereocenters. The molecule has 0 aliphatic carbocycles. The molecule has 3 heteroatoms. The van der Waals surface area contributed by atoms with E-state index in [-0.39, 0.29) is 0 Å². The Morgan fingerprint density at radius 2 is 1.86 bits per heavy atom. The van der Waals surface area contributed by atoms with Crippen molar-refractivity contribution in [2.24, 2.45) is 0 Å². The number of rotatable bonds is 1. The van der Waals surface area contributed by atoms with Crippen LogP contribution in [0.15, 0.2) is 27.1 Å². The zero-order valence-corrected chi connectivity index (χ0v) is 11.1. The summed E-state index contributed by atoms with van der Waals surface area (Å²) in [7, 11) is 0. The molecular formula is C11H13Br2N. The van der Waals surface area contributed by atoms with Gasteiger partial charge in [-0.1, -0.05) is 44.3 Å². The lowest BCUT2D eigenvalue weighted by Gasteiger charge is -2.25. The van der Waals surface area contributed by atoms with Crippen LogP contribution in [-0.4, -0.2) is 6.54 Å². The van der Waals surface area contributed by atoms with Gasteiger partial charge in [0.1, 0.15) is 0 Å². The van der Waals surface area contributed by atoms with E-state index in [1.54, 1.807) is 0 Å². The molecule has 14 heavy (non-hydrogen) atoms. The summed E-state index contributed by atoms with van der Waals surface area (Å²) in [6, 6.07) is 6.78. The lowest BCUT2D eigenvalue weighted by atomic mass is 9.98. The SMILES string of the molecule is Brc1cccc(Br)c1C1CCCCN1. The Morgan fingerprint density at radius 1 is 1.14 bits per heavy atom. The summed E-state index contributed by atoms with van der Waals surface area (Å²) in [6.45, 7) is 1.14. The fraction of sp³-hybridized carbons (Fsp3) is 0.455. The molecule has 1 aliphatic rings. The molecule has 0 spiro atoms. The highest BCUT2D eigenvalue weighted by molar-refractivity contribution is 9.11. The van der Waals surface area contributed by atoms with E-state index in [1.165, 1.54) is 33.8 Å². The van der Waals surface area contributed by atoms with E-state index in [0.717, 1.165) is 6.54 Å². The molecule has 0 saturated carbocycles. The fourth-order valence-electron chi connectivity index (χ4n) is 1.94. The highest BCUT2D eigenvalue weighted by Crippen LogP contribution is 2.34. The van der Waals surface area contributed by atoms with Crippen LogP contribution in [0.5, 0.6) is 0 Å². The number of piperidine rings is 1. The molecule has 1 aliphatic heterocycles. The van der Waals surface area contributed by atoms with Crippen molar-refractivity contribution in [3.05, 3.63) is 32.7 Å². The smallest absolute Gasteiger partial charge is 0.0342 e. The minimum Gasteiger partial charge on any atom is -0.310 e. The summed E-state index contributed by atoms with van der Waals surface area (Å²) in [5.74, 6) is 0. The fourth-order valence-corrected chi connectivity index (χ4v) is 3.49. The van der Waals surface area contributed by atoms with Gasteiger partial charge in [-0.05, 0) is 37.1 Å². The minimum atomic E-state index is 0.508. The molecule has 1 nitrogen and oxygen atoms in total. The van der Waals surface area contributed by atoms with Gasteiger partial charge < -0.3 is 5.32 Å². The third-order valence-electron chi connectivity index (χ3n) is 2.66. The average Bonchev–Trinajstić information content (AvgIpc) is 2.19. The topological polar surface area (TPSA) is 12.0 Å². The summed E-state index contributed by atoms with van der Waals surface area (Å²) in [6.07, 6.45) is 3.87. The van der Waals surface area contributed by atoms with Gasteiger partial charge in [0.25, 0.3) is 0 Å². The van der Waals surface area contributed by atoms with Gasteiger partial charge in [0.2, 0.25) is 0 Å². The molecule has 1 aromatic carbocycles. The second-order valence-corrected chi connectivity index (χ2v) is 5.35. The quantitative estimate of drug-likeness (QED) is 0.824. The van der Waals surface area contributed by atoms with Gasteiger partial charge in [-0.15, -0.1) is 0 Å². The van der Waals surface area contributed by atoms with E-state index in [1.807, 2.05) is 0 Å². The summed E-state index contributed by atoms with van der Waals surface area (Å²) in [4.78, 5) is 0. The Kier molecular flexibility index (Phi) is 3.63. The van der Waals surface area contributed by atoms with Crippen molar-refractivity contribution in [1.29, 1.82) is 0 Å². The van der Waals surface area contributed by atoms with E-state index in [2.05, 4.69) is 55.4 Å². The van der Waals surface area contributed by atoms with Gasteiger partial charge in [-0.2, -0.15) is 0 Å². The van der Waals surface area contributed by atoms with Crippen molar-refractivity contribution < 1.29 is 0 Å². The Bertz CT molecular complexity index is 299. The van der Waals surface area contributed by atoms with Gasteiger partial charge >= 0.3 is 0 Å². The van der Waals surface area contributed by atoms with Crippen LogP contribution in [0.25, 0.3) is 0 Å². The highest BCUT2D eigenvalue weighted by atomic mass is 79.9. The van der Waals surface area contributed by atoms with Gasteiger partial charge in [0.15, 0.2) is 0 Å². The van der Waals surface area contributed by atoms with Gasteiger partial charge in [-0.25, -0.2) is 0 Å². The zero-order chi connectivity index (χ0) is 9.97. The first kappa shape index (κ1) is 10.7. The number of hydrogen-bond donors (Lipinski definition) is 1. The van der Waals surface area contributed by atoms with Crippen LogP contribution < -0.4 is 5.32 Å². The highest BCUT2D eigenvalue weighted by Gasteiger charge is 2.18. The third-order valence-corrected chi connectivity index (χ3v) is 4.04. The van der Waals surface area contributed by atoms with E-state index in [0.29, 0.717) is 6.04 Å². The van der Waals surface area contributed by atoms with Crippen LogP contribution in [0.2, 0.25) is 0 Å². The van der Waals surface area contributed by atoms with E-state index in [9.17, 15) is 0 Å². The molecule has 0 amide bonds. The maximum absolute atomic E-state index is 3.61. The predicted molar refractivity (Wildman–Crippen MR) is 66.4 cm³/mol. The normalized spacial score (nSPS) is 22.3. The third kappa shape index (κ3) is 2.20. The summed E-state index contributed by atoms with van der Waals surface area (Å²) in [5.41, 5.74) is 1.37. The first-order valence-corrected chi connectivity index (χ1v) is 6.55. The summed E-state index contributed by atoms with van der Waals surface area (Å²) >= 11 is 7.23. The molecular weight excluding hydrogens is 306 g/mol. The minimum absolute atomic E-state index is 0.508. The molecule has 0 radical (unpaired) electrons. The van der Waals surface area contributed by atoms with Crippen molar-refractivity contribution in [1.82, 2.24) is 5.32 Å². The second kappa shape index (κ2) is 4.77.